The Morgan fingerprint density at radius 3 is 2.53 bits per heavy atom. The Balaban J connectivity index is 2.17. The highest BCUT2D eigenvalue weighted by atomic mass is 79.9. The van der Waals surface area contributed by atoms with E-state index in [2.05, 4.69) is 20.7 Å². The maximum absolute atomic E-state index is 12.1. The van der Waals surface area contributed by atoms with Gasteiger partial charge < -0.3 is 0 Å². The van der Waals surface area contributed by atoms with Gasteiger partial charge in [-0.05, 0) is 36.2 Å². The number of nitrogens with one attached hydrogen (secondary N) is 1. The summed E-state index contributed by atoms with van der Waals surface area (Å²) in [5, 5.41) is 0. The van der Waals surface area contributed by atoms with Crippen molar-refractivity contribution in [2.75, 3.05) is 0 Å². The maximum Gasteiger partial charge on any atom is 0.240 e. The number of hydrogen-bond donors (Lipinski definition) is 1. The van der Waals surface area contributed by atoms with E-state index in [0.29, 0.717) is 4.90 Å². The molecule has 0 aliphatic rings. The Bertz CT molecular complexity index is 683. The third-order valence-electron chi connectivity index (χ3n) is 2.71. The van der Waals surface area contributed by atoms with Crippen molar-refractivity contribution in [3.63, 3.8) is 0 Å². The van der Waals surface area contributed by atoms with E-state index in [9.17, 15) is 8.42 Å². The van der Waals surface area contributed by atoms with Crippen LogP contribution < -0.4 is 4.72 Å². The van der Waals surface area contributed by atoms with Gasteiger partial charge in [-0.1, -0.05) is 46.3 Å². The van der Waals surface area contributed by atoms with Crippen molar-refractivity contribution >= 4 is 26.0 Å². The van der Waals surface area contributed by atoms with Crippen molar-refractivity contribution < 1.29 is 8.42 Å². The van der Waals surface area contributed by atoms with Crippen LogP contribution >= 0.6 is 15.9 Å². The topological polar surface area (TPSA) is 46.2 Å². The molecule has 2 rings (SSSR count). The largest absolute Gasteiger partial charge is 0.240 e. The van der Waals surface area contributed by atoms with Gasteiger partial charge in [0.2, 0.25) is 10.0 Å². The van der Waals surface area contributed by atoms with Crippen molar-refractivity contribution in [3.8, 4) is 0 Å². The zero-order valence-corrected chi connectivity index (χ0v) is 12.8. The minimum absolute atomic E-state index is 0.262. The first-order valence-electron chi connectivity index (χ1n) is 5.79. The summed E-state index contributed by atoms with van der Waals surface area (Å²) in [5.74, 6) is 0. The van der Waals surface area contributed by atoms with Crippen LogP contribution in [0.1, 0.15) is 11.1 Å². The summed E-state index contributed by atoms with van der Waals surface area (Å²) in [7, 11) is -3.47. The Hall–Kier alpha value is -1.17. The molecule has 2 aromatic rings. The van der Waals surface area contributed by atoms with Gasteiger partial charge in [-0.25, -0.2) is 13.1 Å². The summed E-state index contributed by atoms with van der Waals surface area (Å²) in [6, 6.07) is 14.4. The lowest BCUT2D eigenvalue weighted by Crippen LogP contribution is -2.23. The Morgan fingerprint density at radius 1 is 1.11 bits per heavy atom. The second kappa shape index (κ2) is 5.86. The quantitative estimate of drug-likeness (QED) is 0.929. The summed E-state index contributed by atoms with van der Waals surface area (Å²) in [6.07, 6.45) is 0. The highest BCUT2D eigenvalue weighted by Gasteiger charge is 2.13. The van der Waals surface area contributed by atoms with Crippen LogP contribution in [0.5, 0.6) is 0 Å². The van der Waals surface area contributed by atoms with E-state index in [1.54, 1.807) is 18.2 Å². The molecule has 0 heterocycles. The SMILES string of the molecule is Cc1cccc(S(=O)(=O)NCc2ccccc2Br)c1. The molecule has 0 aliphatic carbocycles. The highest BCUT2D eigenvalue weighted by Crippen LogP contribution is 2.17. The van der Waals surface area contributed by atoms with Gasteiger partial charge in [-0.2, -0.15) is 0 Å². The number of hydrogen-bond acceptors (Lipinski definition) is 2. The highest BCUT2D eigenvalue weighted by molar-refractivity contribution is 9.10. The van der Waals surface area contributed by atoms with Gasteiger partial charge in [0.1, 0.15) is 0 Å². The second-order valence-corrected chi connectivity index (χ2v) is 6.85. The van der Waals surface area contributed by atoms with Crippen LogP contribution in [0.3, 0.4) is 0 Å². The number of benzene rings is 2. The van der Waals surface area contributed by atoms with Crippen LogP contribution in [-0.2, 0) is 16.6 Å². The first-order valence-corrected chi connectivity index (χ1v) is 8.06. The van der Waals surface area contributed by atoms with E-state index in [0.717, 1.165) is 15.6 Å². The first-order chi connectivity index (χ1) is 8.99. The van der Waals surface area contributed by atoms with Gasteiger partial charge in [0.25, 0.3) is 0 Å². The van der Waals surface area contributed by atoms with Crippen LogP contribution in [0.2, 0.25) is 0 Å². The van der Waals surface area contributed by atoms with Gasteiger partial charge in [-0.15, -0.1) is 0 Å². The van der Waals surface area contributed by atoms with E-state index in [-0.39, 0.29) is 6.54 Å². The predicted molar refractivity (Wildman–Crippen MR) is 79.3 cm³/mol. The molecule has 1 N–H and O–H groups in total. The van der Waals surface area contributed by atoms with Gasteiger partial charge in [0, 0.05) is 11.0 Å². The molecular formula is C14H14BrNO2S. The lowest BCUT2D eigenvalue weighted by atomic mass is 10.2. The fourth-order valence-corrected chi connectivity index (χ4v) is 3.22. The molecule has 0 atom stereocenters. The minimum Gasteiger partial charge on any atom is -0.207 e. The van der Waals surface area contributed by atoms with Crippen LogP contribution in [0, 0.1) is 6.92 Å². The fraction of sp³-hybridized carbons (Fsp3) is 0.143. The molecule has 2 aromatic carbocycles. The number of sulfonamides is 1. The number of halogens is 1. The Labute approximate surface area is 121 Å². The fourth-order valence-electron chi connectivity index (χ4n) is 1.68. The molecule has 0 unspecified atom stereocenters. The van der Waals surface area contributed by atoms with Crippen molar-refractivity contribution in [3.05, 3.63) is 64.1 Å². The first kappa shape index (κ1) is 14.2. The van der Waals surface area contributed by atoms with Gasteiger partial charge >= 0.3 is 0 Å². The Kier molecular flexibility index (Phi) is 4.39. The molecule has 100 valence electrons. The van der Waals surface area contributed by atoms with Crippen LogP contribution in [0.4, 0.5) is 0 Å². The molecule has 0 amide bonds. The molecule has 0 saturated heterocycles. The lowest BCUT2D eigenvalue weighted by Gasteiger charge is -2.08. The van der Waals surface area contributed by atoms with E-state index >= 15 is 0 Å². The van der Waals surface area contributed by atoms with E-state index in [1.807, 2.05) is 37.3 Å². The lowest BCUT2D eigenvalue weighted by molar-refractivity contribution is 0.581. The predicted octanol–water partition coefficient (Wildman–Crippen LogP) is 3.24. The summed E-state index contributed by atoms with van der Waals surface area (Å²) in [5.41, 5.74) is 1.82. The molecule has 0 aromatic heterocycles. The average Bonchev–Trinajstić information content (AvgIpc) is 2.38. The number of rotatable bonds is 4. The molecule has 19 heavy (non-hydrogen) atoms. The van der Waals surface area contributed by atoms with Crippen molar-refractivity contribution in [1.29, 1.82) is 0 Å². The standard InChI is InChI=1S/C14H14BrNO2S/c1-11-5-4-7-13(9-11)19(17,18)16-10-12-6-2-3-8-14(12)15/h2-9,16H,10H2,1H3. The molecular weight excluding hydrogens is 326 g/mol. The summed E-state index contributed by atoms with van der Waals surface area (Å²) in [4.78, 5) is 0.291. The van der Waals surface area contributed by atoms with E-state index in [1.165, 1.54) is 0 Å². The molecule has 0 spiro atoms. The summed E-state index contributed by atoms with van der Waals surface area (Å²) < 4.78 is 27.8. The van der Waals surface area contributed by atoms with Gasteiger partial charge in [0.05, 0.1) is 4.90 Å². The minimum atomic E-state index is -3.47. The Morgan fingerprint density at radius 2 is 1.84 bits per heavy atom. The van der Waals surface area contributed by atoms with Gasteiger partial charge in [-0.3, -0.25) is 0 Å². The van der Waals surface area contributed by atoms with E-state index < -0.39 is 10.0 Å². The normalized spacial score (nSPS) is 11.5. The summed E-state index contributed by atoms with van der Waals surface area (Å²) >= 11 is 3.40. The van der Waals surface area contributed by atoms with Gasteiger partial charge in [0.15, 0.2) is 0 Å². The molecule has 0 bridgehead atoms. The smallest absolute Gasteiger partial charge is 0.207 e. The zero-order valence-electron chi connectivity index (χ0n) is 10.4. The van der Waals surface area contributed by atoms with Crippen molar-refractivity contribution in [2.45, 2.75) is 18.4 Å². The van der Waals surface area contributed by atoms with Crippen molar-refractivity contribution in [2.24, 2.45) is 0 Å². The molecule has 0 aliphatic heterocycles. The van der Waals surface area contributed by atoms with Crippen LogP contribution in [-0.4, -0.2) is 8.42 Å². The van der Waals surface area contributed by atoms with Crippen LogP contribution in [0.25, 0.3) is 0 Å². The van der Waals surface area contributed by atoms with Crippen molar-refractivity contribution in [1.82, 2.24) is 4.72 Å². The third kappa shape index (κ3) is 3.65. The molecule has 3 nitrogen and oxygen atoms in total. The molecule has 0 fully saturated rings. The number of aryl methyl sites for hydroxylation is 1. The maximum atomic E-state index is 12.1. The van der Waals surface area contributed by atoms with Crippen LogP contribution in [0.15, 0.2) is 57.9 Å². The zero-order chi connectivity index (χ0) is 13.9. The third-order valence-corrected chi connectivity index (χ3v) is 4.88. The second-order valence-electron chi connectivity index (χ2n) is 4.23. The molecule has 0 saturated carbocycles. The molecule has 0 radical (unpaired) electrons. The summed E-state index contributed by atoms with van der Waals surface area (Å²) in [6.45, 7) is 2.13. The molecule has 5 heteroatoms. The monoisotopic (exact) mass is 339 g/mol. The average molecular weight is 340 g/mol. The van der Waals surface area contributed by atoms with E-state index in [4.69, 9.17) is 0 Å².